The van der Waals surface area contributed by atoms with Gasteiger partial charge in [-0.05, 0) is 18.2 Å². The standard InChI is InChI=1S/C14H18ClN3O4/c15-12-2-1-9(5-11(12)14(20)21)17-13(19)8-18-3-4-22-10(6-16)7-18/h1-2,5,10H,3-4,6-8,16H2,(H,17,19)(H,20,21)/t10-/m0/s1. The van der Waals surface area contributed by atoms with Crippen LogP contribution in [-0.2, 0) is 9.53 Å². The van der Waals surface area contributed by atoms with E-state index in [0.717, 1.165) is 0 Å². The molecule has 1 aliphatic heterocycles. The summed E-state index contributed by atoms with van der Waals surface area (Å²) in [6.07, 6.45) is -0.0595. The third kappa shape index (κ3) is 4.41. The molecule has 0 saturated carbocycles. The summed E-state index contributed by atoms with van der Waals surface area (Å²) in [5, 5.41) is 11.8. The maximum absolute atomic E-state index is 12.0. The molecule has 1 aliphatic rings. The molecule has 1 saturated heterocycles. The molecule has 7 nitrogen and oxygen atoms in total. The van der Waals surface area contributed by atoms with Crippen molar-refractivity contribution in [1.29, 1.82) is 0 Å². The number of hydrogen-bond donors (Lipinski definition) is 3. The van der Waals surface area contributed by atoms with Gasteiger partial charge >= 0.3 is 5.97 Å². The molecule has 4 N–H and O–H groups in total. The number of ether oxygens (including phenoxy) is 1. The average molecular weight is 328 g/mol. The molecule has 0 unspecified atom stereocenters. The highest BCUT2D eigenvalue weighted by Crippen LogP contribution is 2.20. The second-order valence-electron chi connectivity index (χ2n) is 5.01. The predicted octanol–water partition coefficient (Wildman–Crippen LogP) is 0.636. The quantitative estimate of drug-likeness (QED) is 0.733. The number of nitrogens with zero attached hydrogens (tertiary/aromatic N) is 1. The minimum Gasteiger partial charge on any atom is -0.478 e. The van der Waals surface area contributed by atoms with E-state index in [1.165, 1.54) is 12.1 Å². The first-order valence-corrected chi connectivity index (χ1v) is 7.24. The number of hydrogen-bond acceptors (Lipinski definition) is 5. The molecule has 1 atom stereocenters. The lowest BCUT2D eigenvalue weighted by molar-refractivity contribution is -0.119. The molecule has 0 spiro atoms. The van der Waals surface area contributed by atoms with Crippen LogP contribution in [0.25, 0.3) is 0 Å². The van der Waals surface area contributed by atoms with Crippen LogP contribution < -0.4 is 11.1 Å². The topological polar surface area (TPSA) is 105 Å². The highest BCUT2D eigenvalue weighted by Gasteiger charge is 2.21. The summed E-state index contributed by atoms with van der Waals surface area (Å²) < 4.78 is 5.43. The van der Waals surface area contributed by atoms with Gasteiger partial charge in [-0.25, -0.2) is 4.79 Å². The van der Waals surface area contributed by atoms with Crippen molar-refractivity contribution in [3.8, 4) is 0 Å². The van der Waals surface area contributed by atoms with Gasteiger partial charge in [0.1, 0.15) is 0 Å². The van der Waals surface area contributed by atoms with Crippen LogP contribution in [-0.4, -0.2) is 60.8 Å². The molecule has 1 amide bonds. The first-order chi connectivity index (χ1) is 10.5. The number of anilines is 1. The monoisotopic (exact) mass is 327 g/mol. The minimum atomic E-state index is -1.14. The van der Waals surface area contributed by atoms with Crippen molar-refractivity contribution in [2.24, 2.45) is 5.73 Å². The Kier molecular flexibility index (Phi) is 5.73. The third-order valence-electron chi connectivity index (χ3n) is 3.33. The zero-order chi connectivity index (χ0) is 16.1. The Morgan fingerprint density at radius 2 is 2.27 bits per heavy atom. The molecule has 1 aromatic rings. The average Bonchev–Trinajstić information content (AvgIpc) is 2.49. The second kappa shape index (κ2) is 7.55. The van der Waals surface area contributed by atoms with Crippen LogP contribution in [0.3, 0.4) is 0 Å². The summed E-state index contributed by atoms with van der Waals surface area (Å²) in [7, 11) is 0. The molecule has 1 heterocycles. The largest absolute Gasteiger partial charge is 0.478 e. The lowest BCUT2D eigenvalue weighted by atomic mass is 10.2. The summed E-state index contributed by atoms with van der Waals surface area (Å²) in [6, 6.07) is 4.35. The fraction of sp³-hybridized carbons (Fsp3) is 0.429. The summed E-state index contributed by atoms with van der Waals surface area (Å²) in [4.78, 5) is 25.0. The zero-order valence-corrected chi connectivity index (χ0v) is 12.7. The van der Waals surface area contributed by atoms with Gasteiger partial charge in [-0.3, -0.25) is 9.69 Å². The van der Waals surface area contributed by atoms with E-state index in [4.69, 9.17) is 27.2 Å². The van der Waals surface area contributed by atoms with Gasteiger partial charge in [-0.1, -0.05) is 11.6 Å². The van der Waals surface area contributed by atoms with E-state index in [2.05, 4.69) is 5.32 Å². The van der Waals surface area contributed by atoms with E-state index in [9.17, 15) is 9.59 Å². The number of benzene rings is 1. The number of nitrogens with one attached hydrogen (secondary N) is 1. The Morgan fingerprint density at radius 1 is 1.50 bits per heavy atom. The van der Waals surface area contributed by atoms with Crippen molar-refractivity contribution >= 4 is 29.2 Å². The van der Waals surface area contributed by atoms with E-state index in [1.807, 2.05) is 4.90 Å². The lowest BCUT2D eigenvalue weighted by Gasteiger charge is -2.31. The predicted molar refractivity (Wildman–Crippen MR) is 82.3 cm³/mol. The molecule has 2 rings (SSSR count). The number of amides is 1. The summed E-state index contributed by atoms with van der Waals surface area (Å²) in [5.74, 6) is -1.36. The second-order valence-corrected chi connectivity index (χ2v) is 5.42. The number of morpholine rings is 1. The van der Waals surface area contributed by atoms with Crippen LogP contribution in [0, 0.1) is 0 Å². The van der Waals surface area contributed by atoms with Crippen LogP contribution in [0.4, 0.5) is 5.69 Å². The number of carbonyl (C=O) groups is 2. The van der Waals surface area contributed by atoms with Crippen molar-refractivity contribution < 1.29 is 19.4 Å². The summed E-state index contributed by atoms with van der Waals surface area (Å²) in [5.41, 5.74) is 5.91. The van der Waals surface area contributed by atoms with Gasteiger partial charge in [0.05, 0.1) is 29.8 Å². The normalized spacial score (nSPS) is 18.9. The number of nitrogens with two attached hydrogens (primary N) is 1. The number of rotatable bonds is 5. The zero-order valence-electron chi connectivity index (χ0n) is 11.9. The molecular formula is C14H18ClN3O4. The van der Waals surface area contributed by atoms with Crippen LogP contribution >= 0.6 is 11.6 Å². The molecule has 1 fully saturated rings. The Morgan fingerprint density at radius 3 is 2.95 bits per heavy atom. The van der Waals surface area contributed by atoms with E-state index in [-0.39, 0.29) is 29.1 Å². The maximum atomic E-state index is 12.0. The SMILES string of the molecule is NC[C@H]1CN(CC(=O)Nc2ccc(Cl)c(C(=O)O)c2)CCO1. The smallest absolute Gasteiger partial charge is 0.337 e. The van der Waals surface area contributed by atoms with Crippen molar-refractivity contribution in [3.63, 3.8) is 0 Å². The Hall–Kier alpha value is -1.67. The Balaban J connectivity index is 1.94. The van der Waals surface area contributed by atoms with Crippen molar-refractivity contribution in [2.45, 2.75) is 6.10 Å². The van der Waals surface area contributed by atoms with E-state index < -0.39 is 5.97 Å². The van der Waals surface area contributed by atoms with E-state index >= 15 is 0 Å². The van der Waals surface area contributed by atoms with Gasteiger partial charge < -0.3 is 20.9 Å². The molecule has 1 aromatic carbocycles. The first kappa shape index (κ1) is 16.7. The molecule has 8 heteroatoms. The van der Waals surface area contributed by atoms with Crippen molar-refractivity contribution in [3.05, 3.63) is 28.8 Å². The molecule has 0 radical (unpaired) electrons. The van der Waals surface area contributed by atoms with E-state index in [0.29, 0.717) is 31.9 Å². The molecule has 0 bridgehead atoms. The van der Waals surface area contributed by atoms with Crippen molar-refractivity contribution in [2.75, 3.05) is 38.1 Å². The Labute approximate surface area is 133 Å². The molecule has 120 valence electrons. The number of carboxylic acids is 1. The van der Waals surface area contributed by atoms with Gasteiger partial charge in [0.25, 0.3) is 0 Å². The summed E-state index contributed by atoms with van der Waals surface area (Å²) in [6.45, 7) is 2.41. The first-order valence-electron chi connectivity index (χ1n) is 6.86. The minimum absolute atomic E-state index is 0.0472. The van der Waals surface area contributed by atoms with Gasteiger partial charge in [0.15, 0.2) is 0 Å². The lowest BCUT2D eigenvalue weighted by Crippen LogP contribution is -2.48. The molecule has 0 aromatic heterocycles. The van der Waals surface area contributed by atoms with Gasteiger partial charge in [0.2, 0.25) is 5.91 Å². The molecule has 22 heavy (non-hydrogen) atoms. The molecule has 0 aliphatic carbocycles. The number of carbonyl (C=O) groups excluding carboxylic acids is 1. The Bertz CT molecular complexity index is 567. The maximum Gasteiger partial charge on any atom is 0.337 e. The van der Waals surface area contributed by atoms with Crippen LogP contribution in [0.15, 0.2) is 18.2 Å². The fourth-order valence-electron chi connectivity index (χ4n) is 2.24. The molecular weight excluding hydrogens is 310 g/mol. The van der Waals surface area contributed by atoms with Gasteiger partial charge in [-0.2, -0.15) is 0 Å². The summed E-state index contributed by atoms with van der Waals surface area (Å²) >= 11 is 5.79. The third-order valence-corrected chi connectivity index (χ3v) is 3.66. The number of aromatic carboxylic acids is 1. The van der Waals surface area contributed by atoms with Gasteiger partial charge in [-0.15, -0.1) is 0 Å². The van der Waals surface area contributed by atoms with E-state index in [1.54, 1.807) is 6.07 Å². The number of carboxylic acid groups (broad SMARTS) is 1. The van der Waals surface area contributed by atoms with Crippen LogP contribution in [0.5, 0.6) is 0 Å². The van der Waals surface area contributed by atoms with Crippen LogP contribution in [0.2, 0.25) is 5.02 Å². The highest BCUT2D eigenvalue weighted by molar-refractivity contribution is 6.33. The highest BCUT2D eigenvalue weighted by atomic mass is 35.5. The van der Waals surface area contributed by atoms with Gasteiger partial charge in [0, 0.05) is 25.3 Å². The fourth-order valence-corrected chi connectivity index (χ4v) is 2.44. The van der Waals surface area contributed by atoms with Crippen LogP contribution in [0.1, 0.15) is 10.4 Å². The number of halogens is 1. The van der Waals surface area contributed by atoms with Crippen molar-refractivity contribution in [1.82, 2.24) is 4.90 Å².